The molecular formula is C11H4Cl8N4. The van der Waals surface area contributed by atoms with Crippen LogP contribution < -0.4 is 5.32 Å². The van der Waals surface area contributed by atoms with Crippen molar-refractivity contribution in [2.45, 2.75) is 7.59 Å². The molecule has 0 spiro atoms. The molecule has 0 atom stereocenters. The van der Waals surface area contributed by atoms with Crippen molar-refractivity contribution in [3.63, 3.8) is 0 Å². The normalized spacial score (nSPS) is 12.3. The fourth-order valence-electron chi connectivity index (χ4n) is 1.40. The van der Waals surface area contributed by atoms with E-state index >= 15 is 0 Å². The van der Waals surface area contributed by atoms with Crippen LogP contribution in [-0.4, -0.2) is 15.0 Å². The molecule has 2 aromatic rings. The van der Waals surface area contributed by atoms with Crippen molar-refractivity contribution < 1.29 is 0 Å². The number of rotatable bonds is 2. The number of halogens is 8. The Kier molecular flexibility index (Phi) is 6.25. The predicted octanol–water partition coefficient (Wildman–Crippen LogP) is 6.58. The average molecular weight is 476 g/mol. The third kappa shape index (κ3) is 5.41. The molecule has 0 aliphatic rings. The lowest BCUT2D eigenvalue weighted by molar-refractivity contribution is 0.851. The van der Waals surface area contributed by atoms with Crippen LogP contribution in [0.4, 0.5) is 11.6 Å². The van der Waals surface area contributed by atoms with Crippen molar-refractivity contribution in [1.82, 2.24) is 15.0 Å². The summed E-state index contributed by atoms with van der Waals surface area (Å²) in [4.78, 5) is 11.8. The summed E-state index contributed by atoms with van der Waals surface area (Å²) in [6.07, 6.45) is 0. The van der Waals surface area contributed by atoms with Gasteiger partial charge in [-0.05, 0) is 18.2 Å². The third-order valence-corrected chi connectivity index (χ3v) is 3.90. The SMILES string of the molecule is Clc1ccc(Cl)c(Nc2nc(C(Cl)(Cl)Cl)nc(C(Cl)(Cl)Cl)n2)c1. The van der Waals surface area contributed by atoms with E-state index in [0.29, 0.717) is 15.7 Å². The molecule has 1 N–H and O–H groups in total. The van der Waals surface area contributed by atoms with E-state index in [-0.39, 0.29) is 17.6 Å². The zero-order chi connectivity index (χ0) is 17.4. The monoisotopic (exact) mass is 472 g/mol. The third-order valence-electron chi connectivity index (χ3n) is 2.32. The first kappa shape index (κ1) is 19.7. The van der Waals surface area contributed by atoms with Crippen molar-refractivity contribution in [3.8, 4) is 0 Å². The van der Waals surface area contributed by atoms with Crippen molar-refractivity contribution in [3.05, 3.63) is 39.9 Å². The number of nitrogens with zero attached hydrogens (tertiary/aromatic N) is 3. The maximum Gasteiger partial charge on any atom is 0.250 e. The summed E-state index contributed by atoms with van der Waals surface area (Å²) in [5.41, 5.74) is 0.413. The predicted molar refractivity (Wildman–Crippen MR) is 98.0 cm³/mol. The Bertz CT molecular complexity index is 693. The van der Waals surface area contributed by atoms with Gasteiger partial charge in [-0.3, -0.25) is 0 Å². The Balaban J connectivity index is 2.51. The van der Waals surface area contributed by atoms with Gasteiger partial charge in [-0.25, -0.2) is 4.98 Å². The molecular weight excluding hydrogens is 472 g/mol. The average Bonchev–Trinajstić information content (AvgIpc) is 2.40. The number of benzene rings is 1. The molecule has 12 heteroatoms. The van der Waals surface area contributed by atoms with Gasteiger partial charge in [0.25, 0.3) is 0 Å². The van der Waals surface area contributed by atoms with E-state index in [2.05, 4.69) is 20.3 Å². The molecule has 0 saturated heterocycles. The van der Waals surface area contributed by atoms with Crippen LogP contribution in [0.3, 0.4) is 0 Å². The molecule has 0 amide bonds. The standard InChI is InChI=1S/C11H4Cl8N4/c12-4-1-2-5(13)6(3-4)20-9-22-7(10(14,15)16)21-8(23-9)11(17,18)19/h1-3H,(H,20,21,22,23). The number of alkyl halides is 6. The maximum atomic E-state index is 6.06. The van der Waals surface area contributed by atoms with Crippen LogP contribution in [0.2, 0.25) is 10.0 Å². The van der Waals surface area contributed by atoms with Crippen LogP contribution in [0.25, 0.3) is 0 Å². The summed E-state index contributed by atoms with van der Waals surface area (Å²) >= 11 is 46.7. The minimum atomic E-state index is -1.94. The number of aromatic nitrogens is 3. The topological polar surface area (TPSA) is 50.7 Å². The first-order chi connectivity index (χ1) is 10.5. The molecule has 1 aromatic carbocycles. The summed E-state index contributed by atoms with van der Waals surface area (Å²) in [6, 6.07) is 4.75. The van der Waals surface area contributed by atoms with Gasteiger partial charge in [-0.2, -0.15) is 9.97 Å². The first-order valence-electron chi connectivity index (χ1n) is 5.59. The number of nitrogens with one attached hydrogen (secondary N) is 1. The van der Waals surface area contributed by atoms with E-state index in [1.165, 1.54) is 0 Å². The van der Waals surface area contributed by atoms with Crippen LogP contribution in [0.1, 0.15) is 11.6 Å². The van der Waals surface area contributed by atoms with Crippen LogP contribution in [0.15, 0.2) is 18.2 Å². The first-order valence-corrected chi connectivity index (χ1v) is 8.62. The smallest absolute Gasteiger partial charge is 0.250 e. The van der Waals surface area contributed by atoms with Crippen LogP contribution in [-0.2, 0) is 7.59 Å². The van der Waals surface area contributed by atoms with Crippen LogP contribution in [0, 0.1) is 0 Å². The maximum absolute atomic E-state index is 6.06. The molecule has 0 unspecified atom stereocenters. The van der Waals surface area contributed by atoms with E-state index in [4.69, 9.17) is 92.8 Å². The van der Waals surface area contributed by atoms with Crippen LogP contribution >= 0.6 is 92.8 Å². The molecule has 0 saturated carbocycles. The molecule has 0 aliphatic heterocycles. The summed E-state index contributed by atoms with van der Waals surface area (Å²) in [5, 5.41) is 3.61. The molecule has 4 nitrogen and oxygen atoms in total. The fourth-order valence-corrected chi connectivity index (χ4v) is 2.24. The van der Waals surface area contributed by atoms with Gasteiger partial charge in [0.15, 0.2) is 11.6 Å². The summed E-state index contributed by atoms with van der Waals surface area (Å²) in [5.74, 6) is -0.481. The second-order valence-corrected chi connectivity index (χ2v) is 9.46. The van der Waals surface area contributed by atoms with E-state index in [1.54, 1.807) is 18.2 Å². The van der Waals surface area contributed by atoms with E-state index in [1.807, 2.05) is 0 Å². The highest BCUT2D eigenvalue weighted by atomic mass is 35.6. The van der Waals surface area contributed by atoms with Gasteiger partial charge in [-0.1, -0.05) is 92.8 Å². The van der Waals surface area contributed by atoms with E-state index in [9.17, 15) is 0 Å². The molecule has 23 heavy (non-hydrogen) atoms. The van der Waals surface area contributed by atoms with Crippen molar-refractivity contribution in [1.29, 1.82) is 0 Å². The minimum Gasteiger partial charge on any atom is -0.323 e. The molecule has 1 heterocycles. The zero-order valence-electron chi connectivity index (χ0n) is 10.6. The van der Waals surface area contributed by atoms with Gasteiger partial charge in [0, 0.05) is 5.02 Å². The van der Waals surface area contributed by atoms with Crippen molar-refractivity contribution in [2.75, 3.05) is 5.32 Å². The van der Waals surface area contributed by atoms with Gasteiger partial charge in [0.05, 0.1) is 10.7 Å². The molecule has 0 aliphatic carbocycles. The Hall–Kier alpha value is 0.350. The van der Waals surface area contributed by atoms with Gasteiger partial charge >= 0.3 is 0 Å². The molecule has 124 valence electrons. The second kappa shape index (κ2) is 7.30. The van der Waals surface area contributed by atoms with Gasteiger partial charge in [0.2, 0.25) is 13.5 Å². The van der Waals surface area contributed by atoms with E-state index in [0.717, 1.165) is 0 Å². The zero-order valence-corrected chi connectivity index (χ0v) is 16.6. The highest BCUT2D eigenvalue weighted by molar-refractivity contribution is 6.67. The lowest BCUT2D eigenvalue weighted by atomic mass is 10.3. The summed E-state index contributed by atoms with van der Waals surface area (Å²) in [6.45, 7) is 0. The number of hydrogen-bond acceptors (Lipinski definition) is 4. The highest BCUT2D eigenvalue weighted by Crippen LogP contribution is 2.40. The van der Waals surface area contributed by atoms with Gasteiger partial charge in [0.1, 0.15) is 0 Å². The molecule has 2 rings (SSSR count). The number of hydrogen-bond donors (Lipinski definition) is 1. The molecule has 0 radical (unpaired) electrons. The van der Waals surface area contributed by atoms with Crippen molar-refractivity contribution >= 4 is 104 Å². The number of anilines is 2. The Labute approximate surface area is 171 Å². The lowest BCUT2D eigenvalue weighted by Gasteiger charge is -2.16. The van der Waals surface area contributed by atoms with Gasteiger partial charge < -0.3 is 5.32 Å². The van der Waals surface area contributed by atoms with Crippen LogP contribution in [0.5, 0.6) is 0 Å². The molecule has 1 aromatic heterocycles. The summed E-state index contributed by atoms with van der Waals surface area (Å²) < 4.78 is -3.88. The van der Waals surface area contributed by atoms with Gasteiger partial charge in [-0.15, -0.1) is 0 Å². The Morgan fingerprint density at radius 2 is 1.30 bits per heavy atom. The summed E-state index contributed by atoms with van der Waals surface area (Å²) in [7, 11) is 0. The van der Waals surface area contributed by atoms with E-state index < -0.39 is 7.59 Å². The van der Waals surface area contributed by atoms with Crippen molar-refractivity contribution in [2.24, 2.45) is 0 Å². The molecule has 0 fully saturated rings. The molecule has 0 bridgehead atoms. The largest absolute Gasteiger partial charge is 0.323 e. The Morgan fingerprint density at radius 1 is 0.783 bits per heavy atom. The minimum absolute atomic E-state index is 0.0354. The highest BCUT2D eigenvalue weighted by Gasteiger charge is 2.33. The second-order valence-electron chi connectivity index (χ2n) is 4.05. The lowest BCUT2D eigenvalue weighted by Crippen LogP contribution is -2.17. The Morgan fingerprint density at radius 3 is 1.78 bits per heavy atom. The fraction of sp³-hybridized carbons (Fsp3) is 0.182. The quantitative estimate of drug-likeness (QED) is 0.499.